The van der Waals surface area contributed by atoms with Crippen molar-refractivity contribution < 1.29 is 93.4 Å². The summed E-state index contributed by atoms with van der Waals surface area (Å²) in [5, 5.41) is 46.3. The van der Waals surface area contributed by atoms with Crippen molar-refractivity contribution in [3.63, 3.8) is 0 Å². The van der Waals surface area contributed by atoms with Gasteiger partial charge in [0.15, 0.2) is 0 Å². The van der Waals surface area contributed by atoms with E-state index in [-0.39, 0.29) is 118 Å². The van der Waals surface area contributed by atoms with E-state index in [0.29, 0.717) is 16.7 Å². The third-order valence-corrected chi connectivity index (χ3v) is 14.1. The number of benzene rings is 5. The summed E-state index contributed by atoms with van der Waals surface area (Å²) in [5.41, 5.74) is 4.89. The molecule has 403 valence electrons. The van der Waals surface area contributed by atoms with Gasteiger partial charge in [-0.3, -0.25) is 15.0 Å². The standard InChI is InChI=1S/C36H56N2O2.C29H33NO3.Co.K/c1-31(2,3)25-17-23(29(39)27(19-25)33(7,8)9)21-37-35(13,14)36(15,16)38-22-24-18-26(32(4,5)6)20-28(30(24)40)34(10,11)12;1-27(2,3)23-17-20(25(31)24(18-23)28(4,5)6)19-30-29(26(32)33,21-13-9-7-10-14-21)22-15-11-8-12-16-22;;/h17-22,39-40H,1-16H3;7-19,31H,1-6H3,(H,32,33);;/q;;;+1/p-1. The van der Waals surface area contributed by atoms with E-state index in [1.807, 2.05) is 57.2 Å². The number of carboxylic acids is 1. The fraction of sp³-hybridized carbons (Fsp3) is 0.477. The normalized spacial score (nSPS) is 13.4. The minimum atomic E-state index is -1.76. The Bertz CT molecular complexity index is 2700. The summed E-state index contributed by atoms with van der Waals surface area (Å²) in [5.74, 6) is -0.675. The molecule has 0 unspecified atom stereocenters. The minimum Gasteiger partial charge on any atom is -0.547 e. The molecular weight excluding hydrogens is 1000 g/mol. The molecule has 75 heavy (non-hydrogen) atoms. The zero-order valence-electron chi connectivity index (χ0n) is 49.8. The Morgan fingerprint density at radius 3 is 0.840 bits per heavy atom. The molecule has 1 radical (unpaired) electrons. The molecular formula is C65H88CoKN3O5. The van der Waals surface area contributed by atoms with E-state index in [2.05, 4.69) is 149 Å². The molecule has 0 bridgehead atoms. The molecule has 5 aromatic rings. The van der Waals surface area contributed by atoms with Crippen molar-refractivity contribution in [3.05, 3.63) is 158 Å². The van der Waals surface area contributed by atoms with Crippen molar-refractivity contribution in [2.45, 2.75) is 201 Å². The molecule has 0 saturated carbocycles. The average molecular weight is 1090 g/mol. The molecule has 0 amide bonds. The van der Waals surface area contributed by atoms with Crippen LogP contribution in [-0.2, 0) is 59.6 Å². The van der Waals surface area contributed by atoms with Gasteiger partial charge in [-0.05, 0) is 106 Å². The van der Waals surface area contributed by atoms with Gasteiger partial charge in [-0.25, -0.2) is 0 Å². The molecule has 0 saturated heterocycles. The minimum absolute atomic E-state index is 0. The van der Waals surface area contributed by atoms with Crippen LogP contribution in [0.15, 0.2) is 112 Å². The number of carboxylic acid groups (broad SMARTS) is 1. The number of carbonyl (C=O) groups is 1. The van der Waals surface area contributed by atoms with Crippen molar-refractivity contribution in [2.75, 3.05) is 0 Å². The van der Waals surface area contributed by atoms with E-state index in [1.165, 1.54) is 6.21 Å². The number of hydrogen-bond donors (Lipinski definition) is 3. The number of aliphatic carboxylic acids is 1. The topological polar surface area (TPSA) is 138 Å². The maximum Gasteiger partial charge on any atom is 1.00 e. The Labute approximate surface area is 505 Å². The number of rotatable bonds is 10. The van der Waals surface area contributed by atoms with Crippen LogP contribution in [-0.4, -0.2) is 51.0 Å². The largest absolute Gasteiger partial charge is 1.00 e. The van der Waals surface area contributed by atoms with Crippen molar-refractivity contribution in [2.24, 2.45) is 15.0 Å². The molecule has 5 aromatic carbocycles. The number of hydrogen-bond acceptors (Lipinski definition) is 8. The zero-order chi connectivity index (χ0) is 55.7. The van der Waals surface area contributed by atoms with Gasteiger partial charge < -0.3 is 25.2 Å². The molecule has 5 rings (SSSR count). The van der Waals surface area contributed by atoms with Gasteiger partial charge in [0.05, 0.1) is 17.0 Å². The summed E-state index contributed by atoms with van der Waals surface area (Å²) in [6.07, 6.45) is 5.06. The van der Waals surface area contributed by atoms with Crippen LogP contribution in [0.4, 0.5) is 0 Å². The monoisotopic (exact) mass is 1090 g/mol. The van der Waals surface area contributed by atoms with Crippen molar-refractivity contribution >= 4 is 24.6 Å². The van der Waals surface area contributed by atoms with Gasteiger partial charge in [-0.15, -0.1) is 0 Å². The van der Waals surface area contributed by atoms with E-state index in [1.54, 1.807) is 61.0 Å². The molecule has 0 aromatic heterocycles. The van der Waals surface area contributed by atoms with Crippen LogP contribution in [0.1, 0.15) is 214 Å². The molecule has 0 fully saturated rings. The first-order valence-electron chi connectivity index (χ1n) is 25.7. The summed E-state index contributed by atoms with van der Waals surface area (Å²) in [6, 6.07) is 29.9. The summed E-state index contributed by atoms with van der Waals surface area (Å²) >= 11 is 0. The molecule has 0 aliphatic carbocycles. The van der Waals surface area contributed by atoms with E-state index in [0.717, 1.165) is 44.5 Å². The first-order chi connectivity index (χ1) is 33.1. The van der Waals surface area contributed by atoms with Crippen LogP contribution in [0.3, 0.4) is 0 Å². The van der Waals surface area contributed by atoms with Crippen molar-refractivity contribution in [3.8, 4) is 17.2 Å². The van der Waals surface area contributed by atoms with Crippen LogP contribution in [0.5, 0.6) is 17.2 Å². The van der Waals surface area contributed by atoms with E-state index in [9.17, 15) is 25.2 Å². The summed E-state index contributed by atoms with van der Waals surface area (Å²) in [6.45, 7) is 46.5. The van der Waals surface area contributed by atoms with Gasteiger partial charge in [0.25, 0.3) is 0 Å². The van der Waals surface area contributed by atoms with Crippen molar-refractivity contribution in [1.29, 1.82) is 0 Å². The van der Waals surface area contributed by atoms with Gasteiger partial charge in [-0.2, -0.15) is 0 Å². The van der Waals surface area contributed by atoms with E-state index < -0.39 is 22.6 Å². The number of aromatic hydroxyl groups is 3. The maximum absolute atomic E-state index is 12.7. The maximum atomic E-state index is 12.7. The summed E-state index contributed by atoms with van der Waals surface area (Å²) in [7, 11) is 0. The predicted molar refractivity (Wildman–Crippen MR) is 306 cm³/mol. The number of nitrogens with zero attached hydrogens (tertiary/aromatic N) is 3. The SMILES string of the molecule is CC(C)(C)c1cc(C=NC(C(=O)[O-])(c2ccccc2)c2ccccc2)c(O)c(C(C)(C)C)c1.CC(C)(C)c1cc(C=NC(C)(C)C(C)(C)N=Cc2cc(C(C)(C)C)cc(C(C)(C)C)c2O)c(O)c(C(C)(C)C)c1.[Co].[K+]. The van der Waals surface area contributed by atoms with Gasteiger partial charge in [-0.1, -0.05) is 203 Å². The van der Waals surface area contributed by atoms with Crippen LogP contribution in [0, 0.1) is 0 Å². The molecule has 0 spiro atoms. The summed E-state index contributed by atoms with van der Waals surface area (Å²) in [4.78, 5) is 27.3. The quantitative estimate of drug-likeness (QED) is 0.0945. The Hall–Kier alpha value is -3.88. The van der Waals surface area contributed by atoms with E-state index in [4.69, 9.17) is 9.98 Å². The van der Waals surface area contributed by atoms with E-state index >= 15 is 0 Å². The number of aliphatic imine (C=N–C) groups is 3. The van der Waals surface area contributed by atoms with Crippen LogP contribution < -0.4 is 56.5 Å². The van der Waals surface area contributed by atoms with Gasteiger partial charge in [0, 0.05) is 68.8 Å². The first-order valence-corrected chi connectivity index (χ1v) is 25.7. The average Bonchev–Trinajstić information content (AvgIpc) is 3.24. The number of carbonyl (C=O) groups excluding carboxylic acids is 1. The Morgan fingerprint density at radius 2 is 0.627 bits per heavy atom. The van der Waals surface area contributed by atoms with Crippen LogP contribution >= 0.6 is 0 Å². The Morgan fingerprint density at radius 1 is 0.387 bits per heavy atom. The second kappa shape index (κ2) is 24.4. The summed E-state index contributed by atoms with van der Waals surface area (Å²) < 4.78 is 0. The molecule has 0 heterocycles. The third-order valence-electron chi connectivity index (χ3n) is 14.1. The first kappa shape index (κ1) is 67.2. The number of phenols is 3. The molecule has 3 N–H and O–H groups in total. The van der Waals surface area contributed by atoms with Crippen molar-refractivity contribution in [1.82, 2.24) is 0 Å². The smallest absolute Gasteiger partial charge is 0.547 e. The molecule has 0 aliphatic heterocycles. The molecule has 0 atom stereocenters. The molecule has 8 nitrogen and oxygen atoms in total. The molecule has 10 heteroatoms. The van der Waals surface area contributed by atoms with Crippen LogP contribution in [0.2, 0.25) is 0 Å². The number of phenolic OH excluding ortho intramolecular Hbond substituents is 3. The second-order valence-electron chi connectivity index (χ2n) is 27.0. The Balaban J connectivity index is 0.000000508. The predicted octanol–water partition coefficient (Wildman–Crippen LogP) is 11.5. The van der Waals surface area contributed by atoms with Gasteiger partial charge in [0.1, 0.15) is 22.8 Å². The molecule has 0 aliphatic rings. The zero-order valence-corrected chi connectivity index (χ0v) is 54.0. The van der Waals surface area contributed by atoms with Crippen LogP contribution in [0.25, 0.3) is 0 Å². The fourth-order valence-corrected chi connectivity index (χ4v) is 8.19. The Kier molecular flexibility index (Phi) is 21.9. The third kappa shape index (κ3) is 16.3. The second-order valence-corrected chi connectivity index (χ2v) is 27.0. The van der Waals surface area contributed by atoms with Gasteiger partial charge in [0.2, 0.25) is 0 Å². The fourth-order valence-electron chi connectivity index (χ4n) is 8.19. The van der Waals surface area contributed by atoms with Gasteiger partial charge >= 0.3 is 51.4 Å².